The summed E-state index contributed by atoms with van der Waals surface area (Å²) in [6.45, 7) is 4.08. The van der Waals surface area contributed by atoms with Gasteiger partial charge in [0, 0.05) is 25.1 Å². The third kappa shape index (κ3) is 7.94. The van der Waals surface area contributed by atoms with Crippen LogP contribution in [-0.4, -0.2) is 35.7 Å². The Bertz CT molecular complexity index is 1410. The smallest absolute Gasteiger partial charge is 0.251 e. The highest BCUT2D eigenvalue weighted by Gasteiger charge is 2.11. The van der Waals surface area contributed by atoms with Crippen LogP contribution < -0.4 is 14.8 Å². The van der Waals surface area contributed by atoms with Gasteiger partial charge in [0.25, 0.3) is 5.91 Å². The zero-order chi connectivity index (χ0) is 28.2. The second-order valence-electron chi connectivity index (χ2n) is 9.71. The second-order valence-corrected chi connectivity index (χ2v) is 9.71. The number of nitrogens with one attached hydrogen (secondary N) is 1. The van der Waals surface area contributed by atoms with Crippen molar-refractivity contribution in [1.29, 1.82) is 0 Å². The van der Waals surface area contributed by atoms with Crippen molar-refractivity contribution in [2.75, 3.05) is 20.3 Å². The van der Waals surface area contributed by atoms with Crippen LogP contribution in [0.5, 0.6) is 11.5 Å². The third-order valence-electron chi connectivity index (χ3n) is 6.78. The van der Waals surface area contributed by atoms with Crippen molar-refractivity contribution in [3.63, 3.8) is 0 Å². The molecule has 0 saturated carbocycles. The molecule has 7 heteroatoms. The van der Waals surface area contributed by atoms with E-state index in [1.54, 1.807) is 7.11 Å². The normalized spacial score (nSPS) is 11.3. The number of benzene rings is 3. The molecule has 4 aromatic rings. The summed E-state index contributed by atoms with van der Waals surface area (Å²) in [4.78, 5) is 17.1. The van der Waals surface area contributed by atoms with Crippen molar-refractivity contribution < 1.29 is 18.7 Å². The van der Waals surface area contributed by atoms with Crippen LogP contribution in [0.15, 0.2) is 72.8 Å². The van der Waals surface area contributed by atoms with Crippen molar-refractivity contribution in [2.24, 2.45) is 0 Å². The molecule has 1 heterocycles. The van der Waals surface area contributed by atoms with E-state index >= 15 is 0 Å². The Kier molecular flexibility index (Phi) is 10.7. The number of hydrogen-bond acceptors (Lipinski definition) is 4. The lowest BCUT2D eigenvalue weighted by molar-refractivity contribution is 0.0953. The van der Waals surface area contributed by atoms with Crippen LogP contribution in [0, 0.1) is 5.82 Å². The number of allylic oxidation sites excluding steroid dienone is 1. The molecule has 210 valence electrons. The Morgan fingerprint density at radius 3 is 2.60 bits per heavy atom. The number of imidazole rings is 1. The first-order chi connectivity index (χ1) is 19.6. The summed E-state index contributed by atoms with van der Waals surface area (Å²) >= 11 is 0. The van der Waals surface area contributed by atoms with E-state index in [0.29, 0.717) is 18.7 Å². The van der Waals surface area contributed by atoms with E-state index in [1.165, 1.54) is 24.3 Å². The fraction of sp³-hybridized carbons (Fsp3) is 0.333. The number of aromatic nitrogens is 2. The zero-order valence-electron chi connectivity index (χ0n) is 23.4. The van der Waals surface area contributed by atoms with Gasteiger partial charge in [-0.3, -0.25) is 4.79 Å². The highest BCUT2D eigenvalue weighted by atomic mass is 19.1. The molecule has 0 saturated heterocycles. The lowest BCUT2D eigenvalue weighted by Crippen LogP contribution is -2.24. The standard InChI is InChI=1S/C33H38FN3O3/c1-3-11-25-15-20-30(31(24-25)39-2)40-23-10-9-22-37-29-13-7-6-12-28(29)36-32(37)14-5-4-8-21-35-33(38)26-16-18-27(34)19-17-26/h3,6-7,11-13,15-20,24H,4-5,8-10,14,21-23H2,1-2H3,(H,35,38)/b11-3+. The highest BCUT2D eigenvalue weighted by Crippen LogP contribution is 2.29. The van der Waals surface area contributed by atoms with E-state index in [0.717, 1.165) is 79.0 Å². The molecule has 0 radical (unpaired) electrons. The molecule has 1 aromatic heterocycles. The first-order valence-electron chi connectivity index (χ1n) is 14.0. The average Bonchev–Trinajstić information content (AvgIpc) is 3.32. The fourth-order valence-electron chi connectivity index (χ4n) is 4.71. The molecule has 1 amide bonds. The number of carbonyl (C=O) groups excluding carboxylic acids is 1. The summed E-state index contributed by atoms with van der Waals surface area (Å²) in [7, 11) is 1.66. The van der Waals surface area contributed by atoms with Crippen LogP contribution in [0.3, 0.4) is 0 Å². The number of para-hydroxylation sites is 2. The fourth-order valence-corrected chi connectivity index (χ4v) is 4.71. The van der Waals surface area contributed by atoms with Gasteiger partial charge in [-0.15, -0.1) is 0 Å². The quantitative estimate of drug-likeness (QED) is 0.161. The van der Waals surface area contributed by atoms with Crippen LogP contribution in [0.25, 0.3) is 17.1 Å². The number of hydrogen-bond donors (Lipinski definition) is 1. The number of unbranched alkanes of at least 4 members (excludes halogenated alkanes) is 3. The zero-order valence-corrected chi connectivity index (χ0v) is 23.4. The number of carbonyl (C=O) groups is 1. The number of ether oxygens (including phenoxy) is 2. The maximum atomic E-state index is 13.1. The minimum absolute atomic E-state index is 0.171. The molecule has 0 aliphatic carbocycles. The third-order valence-corrected chi connectivity index (χ3v) is 6.78. The lowest BCUT2D eigenvalue weighted by atomic mass is 10.1. The number of aryl methyl sites for hydroxylation is 2. The van der Waals surface area contributed by atoms with Gasteiger partial charge in [0.2, 0.25) is 0 Å². The SMILES string of the molecule is C/C=C/c1ccc(OCCCCn2c(CCCCCNC(=O)c3ccc(F)cc3)nc3ccccc32)c(OC)c1. The molecule has 0 unspecified atom stereocenters. The minimum atomic E-state index is -0.345. The van der Waals surface area contributed by atoms with Gasteiger partial charge in [-0.25, -0.2) is 9.37 Å². The molecule has 0 spiro atoms. The molecule has 0 aliphatic rings. The maximum absolute atomic E-state index is 13.1. The van der Waals surface area contributed by atoms with Gasteiger partial charge >= 0.3 is 0 Å². The van der Waals surface area contributed by atoms with Crippen LogP contribution in [0.2, 0.25) is 0 Å². The summed E-state index contributed by atoms with van der Waals surface area (Å²) in [5, 5.41) is 2.91. The van der Waals surface area contributed by atoms with Crippen molar-refractivity contribution in [3.8, 4) is 11.5 Å². The van der Waals surface area contributed by atoms with E-state index < -0.39 is 0 Å². The molecule has 0 atom stereocenters. The monoisotopic (exact) mass is 543 g/mol. The highest BCUT2D eigenvalue weighted by molar-refractivity contribution is 5.94. The minimum Gasteiger partial charge on any atom is -0.493 e. The van der Waals surface area contributed by atoms with Gasteiger partial charge in [0.15, 0.2) is 11.5 Å². The lowest BCUT2D eigenvalue weighted by Gasteiger charge is -2.12. The van der Waals surface area contributed by atoms with Crippen LogP contribution in [0.4, 0.5) is 4.39 Å². The van der Waals surface area contributed by atoms with E-state index in [-0.39, 0.29) is 11.7 Å². The molecule has 3 aromatic carbocycles. The molecule has 6 nitrogen and oxygen atoms in total. The van der Waals surface area contributed by atoms with Crippen LogP contribution >= 0.6 is 0 Å². The van der Waals surface area contributed by atoms with Crippen LogP contribution in [0.1, 0.15) is 60.8 Å². The number of amides is 1. The molecular formula is C33H38FN3O3. The summed E-state index contributed by atoms with van der Waals surface area (Å²) in [5.41, 5.74) is 3.74. The molecule has 1 N–H and O–H groups in total. The largest absolute Gasteiger partial charge is 0.493 e. The van der Waals surface area contributed by atoms with Crippen molar-refractivity contribution in [2.45, 2.75) is 52.0 Å². The first kappa shape index (κ1) is 28.9. The van der Waals surface area contributed by atoms with E-state index in [9.17, 15) is 9.18 Å². The molecular weight excluding hydrogens is 505 g/mol. The van der Waals surface area contributed by atoms with E-state index in [1.807, 2.05) is 43.3 Å². The number of halogens is 1. The van der Waals surface area contributed by atoms with Crippen LogP contribution in [-0.2, 0) is 13.0 Å². The predicted octanol–water partition coefficient (Wildman–Crippen LogP) is 7.22. The van der Waals surface area contributed by atoms with Gasteiger partial charge < -0.3 is 19.4 Å². The van der Waals surface area contributed by atoms with Gasteiger partial charge in [-0.1, -0.05) is 36.8 Å². The van der Waals surface area contributed by atoms with Crippen molar-refractivity contribution >= 4 is 23.0 Å². The van der Waals surface area contributed by atoms with Crippen molar-refractivity contribution in [3.05, 3.63) is 95.6 Å². The van der Waals surface area contributed by atoms with Gasteiger partial charge in [0.1, 0.15) is 11.6 Å². The number of methoxy groups -OCH3 is 1. The summed E-state index contributed by atoms with van der Waals surface area (Å²) in [6.07, 6.45) is 9.66. The van der Waals surface area contributed by atoms with Gasteiger partial charge in [-0.05, 0) is 86.7 Å². The predicted molar refractivity (Wildman–Crippen MR) is 158 cm³/mol. The number of rotatable bonds is 15. The Balaban J connectivity index is 1.23. The Morgan fingerprint density at radius 2 is 1.80 bits per heavy atom. The topological polar surface area (TPSA) is 65.4 Å². The summed E-state index contributed by atoms with van der Waals surface area (Å²) < 4.78 is 26.9. The average molecular weight is 544 g/mol. The first-order valence-corrected chi connectivity index (χ1v) is 14.0. The van der Waals surface area contributed by atoms with Crippen molar-refractivity contribution in [1.82, 2.24) is 14.9 Å². The molecule has 0 fully saturated rings. The second kappa shape index (κ2) is 14.9. The Labute approximate surface area is 235 Å². The molecule has 0 bridgehead atoms. The summed E-state index contributed by atoms with van der Waals surface area (Å²) in [6, 6.07) is 19.9. The summed E-state index contributed by atoms with van der Waals surface area (Å²) in [5.74, 6) is 2.09. The number of nitrogens with zero attached hydrogens (tertiary/aromatic N) is 2. The maximum Gasteiger partial charge on any atom is 0.251 e. The molecule has 4 rings (SSSR count). The molecule has 40 heavy (non-hydrogen) atoms. The van der Waals surface area contributed by atoms with E-state index in [4.69, 9.17) is 14.5 Å². The molecule has 0 aliphatic heterocycles. The Hall–Kier alpha value is -4.13. The van der Waals surface area contributed by atoms with E-state index in [2.05, 4.69) is 28.1 Å². The number of fused-ring (bicyclic) bond motifs is 1. The van der Waals surface area contributed by atoms with Gasteiger partial charge in [-0.2, -0.15) is 0 Å². The van der Waals surface area contributed by atoms with Gasteiger partial charge in [0.05, 0.1) is 24.8 Å². The Morgan fingerprint density at radius 1 is 0.975 bits per heavy atom.